The van der Waals surface area contributed by atoms with E-state index in [0.29, 0.717) is 0 Å². The monoisotopic (exact) mass is 590 g/mol. The number of benzene rings is 8. The van der Waals surface area contributed by atoms with Crippen molar-refractivity contribution in [3.05, 3.63) is 168 Å². The maximum absolute atomic E-state index is 13.9. The van der Waals surface area contributed by atoms with Crippen LogP contribution in [-0.2, 0) is 0 Å². The number of hydrogen-bond donors (Lipinski definition) is 0. The van der Waals surface area contributed by atoms with Crippen LogP contribution in [0, 0.1) is 0 Å². The highest BCUT2D eigenvalue weighted by Gasteiger charge is 2.12. The van der Waals surface area contributed by atoms with Crippen LogP contribution in [0.25, 0.3) is 85.9 Å². The van der Waals surface area contributed by atoms with Crippen LogP contribution in [0.5, 0.6) is 0 Å². The summed E-state index contributed by atoms with van der Waals surface area (Å²) >= 11 is 1.68. The smallest absolute Gasteiger partial charge is 0.195 e. The highest BCUT2D eigenvalue weighted by molar-refractivity contribution is 7.24. The molecule has 0 unspecified atom stereocenters. The van der Waals surface area contributed by atoms with Gasteiger partial charge in [-0.2, -0.15) is 0 Å². The Morgan fingerprint density at radius 1 is 0.289 bits per heavy atom. The molecule has 45 heavy (non-hydrogen) atoms. The maximum Gasteiger partial charge on any atom is 0.195 e. The van der Waals surface area contributed by atoms with Gasteiger partial charge in [-0.3, -0.25) is 4.79 Å². The second kappa shape index (κ2) is 10.3. The van der Waals surface area contributed by atoms with Gasteiger partial charge in [0.25, 0.3) is 0 Å². The van der Waals surface area contributed by atoms with E-state index >= 15 is 0 Å². The average Bonchev–Trinajstić information content (AvgIpc) is 3.12. The van der Waals surface area contributed by atoms with Crippen LogP contribution < -0.4 is 5.43 Å². The van der Waals surface area contributed by atoms with Crippen LogP contribution in [0.3, 0.4) is 0 Å². The zero-order valence-corrected chi connectivity index (χ0v) is 25.1. The molecule has 0 amide bonds. The fourth-order valence-electron chi connectivity index (χ4n) is 6.81. The standard InChI is InChI=1S/C43H26OS/c44-43-39-25-30(27-9-2-1-3-10-27)18-21-41(39)45-42-22-19-32(26-40(42)43)29-12-8-11-28(23-29)31-17-20-37-35-15-5-4-13-33(35)34-14-6-7-16-36(34)38(37)24-31/h1-26H. The first kappa shape index (κ1) is 25.9. The first-order chi connectivity index (χ1) is 22.2. The van der Waals surface area contributed by atoms with Crippen molar-refractivity contribution in [3.63, 3.8) is 0 Å². The van der Waals surface area contributed by atoms with E-state index in [0.717, 1.165) is 48.0 Å². The maximum atomic E-state index is 13.9. The van der Waals surface area contributed by atoms with Crippen molar-refractivity contribution in [2.75, 3.05) is 0 Å². The van der Waals surface area contributed by atoms with Gasteiger partial charge in [0.15, 0.2) is 5.43 Å². The SMILES string of the molecule is O=c1c2cc(-c3ccccc3)ccc2sc2ccc(-c3cccc(-c4ccc5c6ccccc6c6ccccc6c5c4)c3)cc12. The van der Waals surface area contributed by atoms with E-state index in [1.54, 1.807) is 11.3 Å². The minimum absolute atomic E-state index is 0.0863. The lowest BCUT2D eigenvalue weighted by Gasteiger charge is -2.13. The van der Waals surface area contributed by atoms with Crippen LogP contribution in [0.4, 0.5) is 0 Å². The Morgan fingerprint density at radius 2 is 0.689 bits per heavy atom. The third-order valence-corrected chi connectivity index (χ3v) is 10.2. The Hall–Kier alpha value is -5.57. The molecule has 0 aliphatic heterocycles. The molecule has 0 aliphatic carbocycles. The van der Waals surface area contributed by atoms with Crippen LogP contribution in [-0.4, -0.2) is 0 Å². The zero-order chi connectivity index (χ0) is 29.9. The lowest BCUT2D eigenvalue weighted by molar-refractivity contribution is 1.62. The molecule has 8 aromatic carbocycles. The van der Waals surface area contributed by atoms with Crippen LogP contribution in [0.15, 0.2) is 163 Å². The van der Waals surface area contributed by atoms with Crippen LogP contribution in [0.1, 0.15) is 0 Å². The van der Waals surface area contributed by atoms with Gasteiger partial charge in [0.05, 0.1) is 0 Å². The molecule has 0 aliphatic rings. The molecule has 0 spiro atoms. The molecule has 1 aromatic heterocycles. The third-order valence-electron chi connectivity index (χ3n) is 9.05. The molecule has 0 fully saturated rings. The first-order valence-corrected chi connectivity index (χ1v) is 16.0. The van der Waals surface area contributed by atoms with Gasteiger partial charge in [-0.25, -0.2) is 0 Å². The van der Waals surface area contributed by atoms with Gasteiger partial charge in [0.1, 0.15) is 0 Å². The molecule has 0 radical (unpaired) electrons. The molecule has 1 nitrogen and oxygen atoms in total. The predicted octanol–water partition coefficient (Wildman–Crippen LogP) is 11.9. The Morgan fingerprint density at radius 3 is 1.27 bits per heavy atom. The van der Waals surface area contributed by atoms with Crippen molar-refractivity contribution in [1.82, 2.24) is 0 Å². The summed E-state index contributed by atoms with van der Waals surface area (Å²) in [4.78, 5) is 13.9. The number of fused-ring (bicyclic) bond motifs is 8. The van der Waals surface area contributed by atoms with E-state index in [1.165, 1.54) is 37.9 Å². The van der Waals surface area contributed by atoms with E-state index in [4.69, 9.17) is 0 Å². The molecule has 0 atom stereocenters. The van der Waals surface area contributed by atoms with Crippen molar-refractivity contribution >= 4 is 63.8 Å². The second-order valence-corrected chi connectivity index (χ2v) is 12.7. The zero-order valence-electron chi connectivity index (χ0n) is 24.3. The summed E-state index contributed by atoms with van der Waals surface area (Å²) in [6.07, 6.45) is 0. The van der Waals surface area contributed by atoms with Gasteiger partial charge in [-0.05, 0) is 102 Å². The minimum atomic E-state index is 0.0863. The summed E-state index contributed by atoms with van der Waals surface area (Å²) in [6.45, 7) is 0. The Bertz CT molecular complexity index is 2630. The lowest BCUT2D eigenvalue weighted by Crippen LogP contribution is -2.01. The molecule has 9 rings (SSSR count). The van der Waals surface area contributed by atoms with E-state index in [2.05, 4.69) is 133 Å². The predicted molar refractivity (Wildman–Crippen MR) is 194 cm³/mol. The van der Waals surface area contributed by atoms with Crippen molar-refractivity contribution in [1.29, 1.82) is 0 Å². The van der Waals surface area contributed by atoms with Gasteiger partial charge in [0.2, 0.25) is 0 Å². The molecule has 0 N–H and O–H groups in total. The highest BCUT2D eigenvalue weighted by atomic mass is 32.1. The summed E-state index contributed by atoms with van der Waals surface area (Å²) in [5.41, 5.74) is 6.74. The fourth-order valence-corrected chi connectivity index (χ4v) is 7.84. The van der Waals surface area contributed by atoms with Crippen molar-refractivity contribution in [3.8, 4) is 33.4 Å². The van der Waals surface area contributed by atoms with Gasteiger partial charge in [-0.15, -0.1) is 11.3 Å². The molecule has 9 aromatic rings. The largest absolute Gasteiger partial charge is 0.289 e. The molecule has 0 saturated heterocycles. The van der Waals surface area contributed by atoms with E-state index < -0.39 is 0 Å². The quantitative estimate of drug-likeness (QED) is 0.148. The van der Waals surface area contributed by atoms with Gasteiger partial charge in [-0.1, -0.05) is 121 Å². The van der Waals surface area contributed by atoms with E-state index in [9.17, 15) is 4.79 Å². The number of rotatable bonds is 3. The second-order valence-electron chi connectivity index (χ2n) is 11.7. The Labute approximate surface area is 264 Å². The van der Waals surface area contributed by atoms with Crippen molar-refractivity contribution in [2.45, 2.75) is 0 Å². The summed E-state index contributed by atoms with van der Waals surface area (Å²) in [5.74, 6) is 0. The summed E-state index contributed by atoms with van der Waals surface area (Å²) < 4.78 is 2.02. The average molecular weight is 591 g/mol. The molecule has 1 heterocycles. The van der Waals surface area contributed by atoms with E-state index in [1.807, 2.05) is 24.3 Å². The topological polar surface area (TPSA) is 17.1 Å². The Balaban J connectivity index is 1.17. The number of hydrogen-bond acceptors (Lipinski definition) is 2. The lowest BCUT2D eigenvalue weighted by atomic mass is 9.91. The van der Waals surface area contributed by atoms with Crippen LogP contribution in [0.2, 0.25) is 0 Å². The van der Waals surface area contributed by atoms with Crippen molar-refractivity contribution < 1.29 is 0 Å². The fraction of sp³-hybridized carbons (Fsp3) is 0. The van der Waals surface area contributed by atoms with Crippen molar-refractivity contribution in [2.24, 2.45) is 0 Å². The minimum Gasteiger partial charge on any atom is -0.289 e. The highest BCUT2D eigenvalue weighted by Crippen LogP contribution is 2.38. The normalized spacial score (nSPS) is 11.6. The molecule has 2 heteroatoms. The molecular weight excluding hydrogens is 565 g/mol. The summed E-state index contributed by atoms with van der Waals surface area (Å²) in [7, 11) is 0. The summed E-state index contributed by atoms with van der Waals surface area (Å²) in [5, 5.41) is 9.18. The van der Waals surface area contributed by atoms with E-state index in [-0.39, 0.29) is 5.43 Å². The molecule has 210 valence electrons. The van der Waals surface area contributed by atoms with Crippen LogP contribution >= 0.6 is 11.3 Å². The third kappa shape index (κ3) is 4.26. The van der Waals surface area contributed by atoms with Gasteiger partial charge < -0.3 is 0 Å². The Kier molecular flexibility index (Phi) is 5.90. The molecule has 0 saturated carbocycles. The van der Waals surface area contributed by atoms with Gasteiger partial charge >= 0.3 is 0 Å². The molecule has 0 bridgehead atoms. The van der Waals surface area contributed by atoms with Gasteiger partial charge in [0, 0.05) is 20.2 Å². The molecular formula is C43H26OS. The first-order valence-electron chi connectivity index (χ1n) is 15.2. The summed E-state index contributed by atoms with van der Waals surface area (Å²) in [6, 6.07) is 55.7.